The Balaban J connectivity index is 1.70. The average molecular weight is 338 g/mol. The molecule has 1 aliphatic heterocycles. The number of nitriles is 1. The highest BCUT2D eigenvalue weighted by Crippen LogP contribution is 2.21. The first-order valence-corrected chi connectivity index (χ1v) is 8.26. The van der Waals surface area contributed by atoms with Crippen molar-refractivity contribution in [2.75, 3.05) is 18.4 Å². The third-order valence-electron chi connectivity index (χ3n) is 4.38. The van der Waals surface area contributed by atoms with Gasteiger partial charge in [0.25, 0.3) is 5.91 Å². The van der Waals surface area contributed by atoms with Crippen molar-refractivity contribution in [1.29, 1.82) is 5.26 Å². The Morgan fingerprint density at radius 1 is 1.44 bits per heavy atom. The van der Waals surface area contributed by atoms with Crippen LogP contribution in [0.3, 0.4) is 0 Å². The smallest absolute Gasteiger partial charge is 0.254 e. The number of hydrogen-bond donors (Lipinski definition) is 1. The molecule has 1 saturated heterocycles. The molecule has 6 heteroatoms. The minimum absolute atomic E-state index is 0.0467. The molecule has 0 radical (unpaired) electrons. The van der Waals surface area contributed by atoms with E-state index in [1.54, 1.807) is 11.0 Å². The largest absolute Gasteiger partial charge is 0.368 e. The molecule has 1 unspecified atom stereocenters. The van der Waals surface area contributed by atoms with Crippen LogP contribution < -0.4 is 5.32 Å². The van der Waals surface area contributed by atoms with E-state index in [0.29, 0.717) is 18.7 Å². The minimum Gasteiger partial charge on any atom is -0.368 e. The molecule has 0 saturated carbocycles. The van der Waals surface area contributed by atoms with Gasteiger partial charge in [0.2, 0.25) is 0 Å². The first-order chi connectivity index (χ1) is 12.1. The summed E-state index contributed by atoms with van der Waals surface area (Å²) in [6.45, 7) is 3.19. The van der Waals surface area contributed by atoms with Gasteiger partial charge < -0.3 is 10.2 Å². The first-order valence-electron chi connectivity index (χ1n) is 8.26. The predicted octanol–water partition coefficient (Wildman–Crippen LogP) is 3.12. The molecular weight excluding hydrogens is 319 g/mol. The highest BCUT2D eigenvalue weighted by molar-refractivity contribution is 5.95. The van der Waals surface area contributed by atoms with Crippen LogP contribution in [-0.2, 0) is 0 Å². The number of likely N-dealkylation sites (tertiary alicyclic amines) is 1. The van der Waals surface area contributed by atoms with Gasteiger partial charge in [-0.15, -0.1) is 0 Å². The van der Waals surface area contributed by atoms with Gasteiger partial charge in [0.15, 0.2) is 0 Å². The summed E-state index contributed by atoms with van der Waals surface area (Å²) in [7, 11) is 0. The SMILES string of the molecule is Cc1cccc(NCC2CCCN2C(=O)c2ccc(F)c(C#N)c2)n1. The van der Waals surface area contributed by atoms with Gasteiger partial charge in [-0.2, -0.15) is 5.26 Å². The molecule has 1 aliphatic rings. The Bertz CT molecular complexity index is 830. The standard InChI is InChI=1S/C19H19FN4O/c1-13-4-2-6-18(23-13)22-12-16-5-3-9-24(16)19(25)14-7-8-17(20)15(10-14)11-21/h2,4,6-8,10,16H,3,5,9,12H2,1H3,(H,22,23). The number of hydrogen-bond acceptors (Lipinski definition) is 4. The van der Waals surface area contributed by atoms with E-state index in [4.69, 9.17) is 5.26 Å². The van der Waals surface area contributed by atoms with Crippen molar-refractivity contribution in [2.45, 2.75) is 25.8 Å². The lowest BCUT2D eigenvalue weighted by molar-refractivity contribution is 0.0743. The van der Waals surface area contributed by atoms with Crippen molar-refractivity contribution in [1.82, 2.24) is 9.88 Å². The molecule has 0 aliphatic carbocycles. The number of amides is 1. The number of carbonyl (C=O) groups is 1. The normalized spacial score (nSPS) is 16.5. The molecule has 0 spiro atoms. The summed E-state index contributed by atoms with van der Waals surface area (Å²) in [5, 5.41) is 12.2. The fourth-order valence-electron chi connectivity index (χ4n) is 3.09. The maximum Gasteiger partial charge on any atom is 0.254 e. The highest BCUT2D eigenvalue weighted by atomic mass is 19.1. The molecule has 1 aromatic heterocycles. The second-order valence-electron chi connectivity index (χ2n) is 6.15. The summed E-state index contributed by atoms with van der Waals surface area (Å²) in [5.74, 6) is 0.00931. The zero-order chi connectivity index (χ0) is 17.8. The van der Waals surface area contributed by atoms with Crippen LogP contribution in [0, 0.1) is 24.1 Å². The summed E-state index contributed by atoms with van der Waals surface area (Å²) in [4.78, 5) is 18.9. The van der Waals surface area contributed by atoms with E-state index in [1.165, 1.54) is 18.2 Å². The molecule has 128 valence electrons. The minimum atomic E-state index is -0.607. The van der Waals surface area contributed by atoms with E-state index in [2.05, 4.69) is 10.3 Å². The van der Waals surface area contributed by atoms with Crippen LogP contribution in [0.1, 0.15) is 34.5 Å². The number of aryl methyl sites for hydroxylation is 1. The molecular formula is C19H19FN4O. The quantitative estimate of drug-likeness (QED) is 0.930. The number of nitrogens with one attached hydrogen (secondary N) is 1. The molecule has 1 atom stereocenters. The van der Waals surface area contributed by atoms with Crippen molar-refractivity contribution in [2.24, 2.45) is 0 Å². The zero-order valence-corrected chi connectivity index (χ0v) is 14.0. The zero-order valence-electron chi connectivity index (χ0n) is 14.0. The summed E-state index contributed by atoms with van der Waals surface area (Å²) in [6.07, 6.45) is 1.82. The second-order valence-corrected chi connectivity index (χ2v) is 6.15. The summed E-state index contributed by atoms with van der Waals surface area (Å²) >= 11 is 0. The fourth-order valence-corrected chi connectivity index (χ4v) is 3.09. The number of carbonyl (C=O) groups excluding carboxylic acids is 1. The van der Waals surface area contributed by atoms with E-state index in [-0.39, 0.29) is 17.5 Å². The van der Waals surface area contributed by atoms with Crippen molar-refractivity contribution in [3.63, 3.8) is 0 Å². The number of benzene rings is 1. The van der Waals surface area contributed by atoms with Gasteiger partial charge >= 0.3 is 0 Å². The third kappa shape index (κ3) is 3.77. The Morgan fingerprint density at radius 3 is 3.04 bits per heavy atom. The van der Waals surface area contributed by atoms with Crippen LogP contribution >= 0.6 is 0 Å². The number of nitrogens with zero attached hydrogens (tertiary/aromatic N) is 3. The van der Waals surface area contributed by atoms with Crippen molar-refractivity contribution >= 4 is 11.7 Å². The third-order valence-corrected chi connectivity index (χ3v) is 4.38. The van der Waals surface area contributed by atoms with Crippen LogP contribution in [-0.4, -0.2) is 34.9 Å². The second kappa shape index (κ2) is 7.31. The Morgan fingerprint density at radius 2 is 2.28 bits per heavy atom. The number of rotatable bonds is 4. The average Bonchev–Trinajstić information content (AvgIpc) is 3.08. The number of aromatic nitrogens is 1. The Kier molecular flexibility index (Phi) is 4.94. The van der Waals surface area contributed by atoms with Crippen molar-refractivity contribution < 1.29 is 9.18 Å². The number of anilines is 1. The van der Waals surface area contributed by atoms with Crippen LogP contribution in [0.15, 0.2) is 36.4 Å². The van der Waals surface area contributed by atoms with Gasteiger partial charge in [-0.05, 0) is 50.1 Å². The lowest BCUT2D eigenvalue weighted by atomic mass is 10.1. The van der Waals surface area contributed by atoms with Gasteiger partial charge in [0.1, 0.15) is 17.7 Å². The number of pyridine rings is 1. The van der Waals surface area contributed by atoms with E-state index >= 15 is 0 Å². The number of halogens is 1. The fraction of sp³-hybridized carbons (Fsp3) is 0.316. The van der Waals surface area contributed by atoms with Gasteiger partial charge in [-0.3, -0.25) is 4.79 Å². The lowest BCUT2D eigenvalue weighted by Crippen LogP contribution is -2.39. The van der Waals surface area contributed by atoms with Crippen molar-refractivity contribution in [3.05, 3.63) is 59.0 Å². The summed E-state index contributed by atoms with van der Waals surface area (Å²) in [6, 6.07) is 11.5. The van der Waals surface area contributed by atoms with E-state index in [1.807, 2.05) is 25.1 Å². The molecule has 5 nitrogen and oxygen atoms in total. The maximum absolute atomic E-state index is 13.5. The lowest BCUT2D eigenvalue weighted by Gasteiger charge is -2.25. The van der Waals surface area contributed by atoms with Crippen LogP contribution in [0.5, 0.6) is 0 Å². The molecule has 25 heavy (non-hydrogen) atoms. The molecule has 1 fully saturated rings. The molecule has 2 aromatic rings. The molecule has 2 heterocycles. The molecule has 1 amide bonds. The van der Waals surface area contributed by atoms with Crippen LogP contribution in [0.2, 0.25) is 0 Å². The summed E-state index contributed by atoms with van der Waals surface area (Å²) in [5.41, 5.74) is 1.17. The van der Waals surface area contributed by atoms with Gasteiger partial charge in [0.05, 0.1) is 5.56 Å². The van der Waals surface area contributed by atoms with Gasteiger partial charge in [0, 0.05) is 30.4 Å². The van der Waals surface area contributed by atoms with Gasteiger partial charge in [-0.1, -0.05) is 6.07 Å². The van der Waals surface area contributed by atoms with E-state index in [0.717, 1.165) is 24.4 Å². The van der Waals surface area contributed by atoms with E-state index in [9.17, 15) is 9.18 Å². The van der Waals surface area contributed by atoms with Crippen LogP contribution in [0.4, 0.5) is 10.2 Å². The van der Waals surface area contributed by atoms with Crippen molar-refractivity contribution in [3.8, 4) is 6.07 Å². The topological polar surface area (TPSA) is 69.0 Å². The highest BCUT2D eigenvalue weighted by Gasteiger charge is 2.29. The summed E-state index contributed by atoms with van der Waals surface area (Å²) < 4.78 is 13.5. The maximum atomic E-state index is 13.5. The Labute approximate surface area is 146 Å². The van der Waals surface area contributed by atoms with Gasteiger partial charge in [-0.25, -0.2) is 9.37 Å². The van der Waals surface area contributed by atoms with E-state index < -0.39 is 5.82 Å². The molecule has 1 aromatic carbocycles. The Hall–Kier alpha value is -2.94. The molecule has 0 bridgehead atoms. The monoisotopic (exact) mass is 338 g/mol. The predicted molar refractivity (Wildman–Crippen MR) is 92.6 cm³/mol. The first kappa shape index (κ1) is 16.9. The van der Waals surface area contributed by atoms with Crippen LogP contribution in [0.25, 0.3) is 0 Å². The molecule has 1 N–H and O–H groups in total. The molecule has 3 rings (SSSR count).